The summed E-state index contributed by atoms with van der Waals surface area (Å²) < 4.78 is 5.34. The molecule has 2 unspecified atom stereocenters. The molecule has 2 heterocycles. The minimum absolute atomic E-state index is 0.285. The first-order valence-electron chi connectivity index (χ1n) is 3.12. The molecule has 0 N–H and O–H groups in total. The van der Waals surface area contributed by atoms with Gasteiger partial charge in [-0.25, -0.2) is 0 Å². The Morgan fingerprint density at radius 1 is 1.57 bits per heavy atom. The second kappa shape index (κ2) is 1.33. The van der Waals surface area contributed by atoms with E-state index in [-0.39, 0.29) is 9.52 Å². The second-order valence-corrected chi connectivity index (χ2v) is 4.59. The number of hydrogen-bond donors (Lipinski definition) is 0. The van der Waals surface area contributed by atoms with Crippen molar-refractivity contribution in [2.75, 3.05) is 0 Å². The number of epoxide rings is 1. The molecule has 0 spiro atoms. The molecule has 0 aromatic carbocycles. The van der Waals surface area contributed by atoms with E-state index < -0.39 is 0 Å². The molecule has 40 valence electrons. The molecule has 2 fully saturated rings. The molecular formula is C5H10OSi. The van der Waals surface area contributed by atoms with Crippen LogP contribution in [0.1, 0.15) is 12.8 Å². The molecular weight excluding hydrogens is 104 g/mol. The largest absolute Gasteiger partial charge is 0.374 e. The Morgan fingerprint density at radius 3 is 3.14 bits per heavy atom. The van der Waals surface area contributed by atoms with Crippen molar-refractivity contribution >= 4 is 9.52 Å². The van der Waals surface area contributed by atoms with Crippen molar-refractivity contribution < 1.29 is 4.74 Å². The quantitative estimate of drug-likeness (QED) is 0.321. The van der Waals surface area contributed by atoms with Crippen LogP contribution in [0.15, 0.2) is 0 Å². The lowest BCUT2D eigenvalue weighted by atomic mass is 10.3. The Morgan fingerprint density at radius 2 is 2.57 bits per heavy atom. The van der Waals surface area contributed by atoms with Crippen LogP contribution in [0.2, 0.25) is 6.04 Å². The van der Waals surface area contributed by atoms with Gasteiger partial charge in [-0.3, -0.25) is 0 Å². The summed E-state index contributed by atoms with van der Waals surface area (Å²) in [5.41, 5.74) is 0.841. The molecule has 2 atom stereocenters. The summed E-state index contributed by atoms with van der Waals surface area (Å²) in [5.74, 6) is 0. The fraction of sp³-hybridized carbons (Fsp3) is 1.00. The lowest BCUT2D eigenvalue weighted by Crippen LogP contribution is -2.09. The first-order chi connectivity index (χ1) is 3.47. The zero-order valence-electron chi connectivity index (χ0n) is 4.39. The predicted molar refractivity (Wildman–Crippen MR) is 31.2 cm³/mol. The zero-order chi connectivity index (χ0) is 4.69. The van der Waals surface area contributed by atoms with Gasteiger partial charge in [-0.2, -0.15) is 0 Å². The van der Waals surface area contributed by atoms with E-state index in [9.17, 15) is 0 Å². The van der Waals surface area contributed by atoms with Crippen LogP contribution in [0.25, 0.3) is 0 Å². The van der Waals surface area contributed by atoms with E-state index in [0.29, 0.717) is 0 Å². The molecule has 0 radical (unpaired) electrons. The molecule has 0 saturated carbocycles. The maximum absolute atomic E-state index is 5.34. The third-order valence-electron chi connectivity index (χ3n) is 1.91. The fourth-order valence-electron chi connectivity index (χ4n) is 1.38. The summed E-state index contributed by atoms with van der Waals surface area (Å²) in [7, 11) is 0.285. The number of hydrogen-bond acceptors (Lipinski definition) is 1. The van der Waals surface area contributed by atoms with Gasteiger partial charge >= 0.3 is 0 Å². The van der Waals surface area contributed by atoms with E-state index in [2.05, 4.69) is 0 Å². The summed E-state index contributed by atoms with van der Waals surface area (Å²) in [6.07, 6.45) is 3.60. The van der Waals surface area contributed by atoms with Crippen LogP contribution in [-0.2, 0) is 4.74 Å². The first kappa shape index (κ1) is 4.10. The number of rotatable bonds is 0. The van der Waals surface area contributed by atoms with Gasteiger partial charge < -0.3 is 4.74 Å². The SMILES string of the molecule is C1C[SiH2]C2OC2C1. The van der Waals surface area contributed by atoms with E-state index in [1.807, 2.05) is 0 Å². The number of fused-ring (bicyclic) bond motifs is 1. The summed E-state index contributed by atoms with van der Waals surface area (Å²) in [5, 5.41) is 0. The van der Waals surface area contributed by atoms with Gasteiger partial charge in [-0.05, 0) is 6.42 Å². The van der Waals surface area contributed by atoms with Crippen molar-refractivity contribution in [3.63, 3.8) is 0 Å². The van der Waals surface area contributed by atoms with Crippen LogP contribution in [0.3, 0.4) is 0 Å². The predicted octanol–water partition coefficient (Wildman–Crippen LogP) is 0.0922. The summed E-state index contributed by atoms with van der Waals surface area (Å²) >= 11 is 0. The van der Waals surface area contributed by atoms with E-state index in [1.165, 1.54) is 12.8 Å². The van der Waals surface area contributed by atoms with Gasteiger partial charge in [-0.15, -0.1) is 0 Å². The molecule has 0 aliphatic carbocycles. The van der Waals surface area contributed by atoms with Gasteiger partial charge in [0.05, 0.1) is 21.4 Å². The Hall–Kier alpha value is 0.177. The Labute approximate surface area is 45.9 Å². The van der Waals surface area contributed by atoms with E-state index in [4.69, 9.17) is 4.74 Å². The lowest BCUT2D eigenvalue weighted by Gasteiger charge is -1.99. The van der Waals surface area contributed by atoms with Crippen molar-refractivity contribution in [1.29, 1.82) is 0 Å². The van der Waals surface area contributed by atoms with Crippen LogP contribution in [0.4, 0.5) is 0 Å². The van der Waals surface area contributed by atoms with Gasteiger partial charge in [0.1, 0.15) is 0 Å². The summed E-state index contributed by atoms with van der Waals surface area (Å²) in [6, 6.07) is 1.54. The lowest BCUT2D eigenvalue weighted by molar-refractivity contribution is 0.391. The Balaban J connectivity index is 1.95. The normalized spacial score (nSPS) is 51.4. The average Bonchev–Trinajstić information content (AvgIpc) is 2.41. The van der Waals surface area contributed by atoms with Crippen LogP contribution in [0, 0.1) is 0 Å². The Kier molecular flexibility index (Phi) is 0.775. The smallest absolute Gasteiger partial charge is 0.0800 e. The minimum Gasteiger partial charge on any atom is -0.374 e. The van der Waals surface area contributed by atoms with Gasteiger partial charge in [0.15, 0.2) is 0 Å². The molecule has 2 saturated heterocycles. The molecule has 2 aliphatic heterocycles. The summed E-state index contributed by atoms with van der Waals surface area (Å²) in [6.45, 7) is 0. The fourth-order valence-corrected chi connectivity index (χ4v) is 3.35. The highest BCUT2D eigenvalue weighted by atomic mass is 28.2. The van der Waals surface area contributed by atoms with Crippen molar-refractivity contribution in [3.05, 3.63) is 0 Å². The molecule has 2 aliphatic rings. The van der Waals surface area contributed by atoms with Crippen LogP contribution in [0.5, 0.6) is 0 Å². The van der Waals surface area contributed by atoms with Crippen molar-refractivity contribution in [3.8, 4) is 0 Å². The standard InChI is InChI=1S/C5H10OSi/c1-2-4-5(6-4)7-3-1/h4-5H,1-3,7H2. The van der Waals surface area contributed by atoms with E-state index in [1.54, 1.807) is 6.04 Å². The van der Waals surface area contributed by atoms with E-state index >= 15 is 0 Å². The van der Waals surface area contributed by atoms with Crippen molar-refractivity contribution in [1.82, 2.24) is 0 Å². The molecule has 0 bridgehead atoms. The Bertz CT molecular complexity index is 74.1. The molecule has 0 aromatic rings. The van der Waals surface area contributed by atoms with Crippen molar-refractivity contribution in [2.24, 2.45) is 0 Å². The van der Waals surface area contributed by atoms with Crippen LogP contribution in [-0.4, -0.2) is 21.4 Å². The molecule has 0 aromatic heterocycles. The van der Waals surface area contributed by atoms with Crippen LogP contribution < -0.4 is 0 Å². The maximum atomic E-state index is 5.34. The molecule has 0 amide bonds. The monoisotopic (exact) mass is 114 g/mol. The molecule has 2 heteroatoms. The second-order valence-electron chi connectivity index (χ2n) is 2.50. The highest BCUT2D eigenvalue weighted by Crippen LogP contribution is 2.31. The molecule has 7 heavy (non-hydrogen) atoms. The number of ether oxygens (including phenoxy) is 1. The van der Waals surface area contributed by atoms with Gasteiger partial charge in [0.25, 0.3) is 0 Å². The van der Waals surface area contributed by atoms with Crippen LogP contribution >= 0.6 is 0 Å². The topological polar surface area (TPSA) is 12.5 Å². The zero-order valence-corrected chi connectivity index (χ0v) is 5.81. The van der Waals surface area contributed by atoms with Gasteiger partial charge in [-0.1, -0.05) is 12.5 Å². The van der Waals surface area contributed by atoms with Crippen molar-refractivity contribution in [2.45, 2.75) is 30.7 Å². The highest BCUT2D eigenvalue weighted by Gasteiger charge is 2.39. The van der Waals surface area contributed by atoms with Gasteiger partial charge in [0.2, 0.25) is 0 Å². The maximum Gasteiger partial charge on any atom is 0.0800 e. The third kappa shape index (κ3) is 0.621. The van der Waals surface area contributed by atoms with E-state index in [0.717, 1.165) is 11.8 Å². The molecule has 2 rings (SSSR count). The first-order valence-corrected chi connectivity index (χ1v) is 4.94. The summed E-state index contributed by atoms with van der Waals surface area (Å²) in [4.78, 5) is 0. The minimum atomic E-state index is 0.285. The highest BCUT2D eigenvalue weighted by molar-refractivity contribution is 6.38. The molecule has 1 nitrogen and oxygen atoms in total. The average molecular weight is 114 g/mol. The third-order valence-corrected chi connectivity index (χ3v) is 4.11. The van der Waals surface area contributed by atoms with Gasteiger partial charge in [0, 0.05) is 0 Å².